The van der Waals surface area contributed by atoms with Crippen molar-refractivity contribution < 1.29 is 8.42 Å². The van der Waals surface area contributed by atoms with Gasteiger partial charge in [-0.3, -0.25) is 0 Å². The lowest BCUT2D eigenvalue weighted by atomic mass is 10.2. The van der Waals surface area contributed by atoms with Gasteiger partial charge in [0.25, 0.3) is 0 Å². The van der Waals surface area contributed by atoms with Gasteiger partial charge in [-0.2, -0.15) is 0 Å². The summed E-state index contributed by atoms with van der Waals surface area (Å²) >= 11 is 0. The second kappa shape index (κ2) is 4.53. The Balaban J connectivity index is 2.44. The zero-order chi connectivity index (χ0) is 13.3. The lowest BCUT2D eigenvalue weighted by molar-refractivity contribution is 0.601. The molecule has 6 heteroatoms. The van der Waals surface area contributed by atoms with E-state index in [0.29, 0.717) is 4.90 Å². The van der Waals surface area contributed by atoms with E-state index >= 15 is 0 Å². The van der Waals surface area contributed by atoms with E-state index in [4.69, 9.17) is 0 Å². The molecule has 0 atom stereocenters. The summed E-state index contributed by atoms with van der Waals surface area (Å²) in [5.41, 5.74) is 0.855. The van der Waals surface area contributed by atoms with Crippen molar-refractivity contribution in [3.8, 4) is 11.4 Å². The van der Waals surface area contributed by atoms with E-state index in [1.165, 1.54) is 6.26 Å². The van der Waals surface area contributed by atoms with Crippen LogP contribution < -0.4 is 0 Å². The third-order valence-corrected chi connectivity index (χ3v) is 3.80. The third-order valence-electron chi connectivity index (χ3n) is 2.67. The van der Waals surface area contributed by atoms with Crippen molar-refractivity contribution in [1.29, 1.82) is 0 Å². The Morgan fingerprint density at radius 2 is 1.78 bits per heavy atom. The maximum absolute atomic E-state index is 11.4. The maximum atomic E-state index is 11.4. The highest BCUT2D eigenvalue weighted by molar-refractivity contribution is 7.90. The number of benzene rings is 1. The SMILES string of the molecule is CC(C)n1cnnc1-c1ccc(S(C)(=O)=O)cc1. The standard InChI is InChI=1S/C12H15N3O2S/c1-9(2)15-8-13-14-12(15)10-4-6-11(7-5-10)18(3,16)17/h4-9H,1-3H3. The van der Waals surface area contributed by atoms with Crippen molar-refractivity contribution in [3.63, 3.8) is 0 Å². The highest BCUT2D eigenvalue weighted by atomic mass is 32.2. The molecule has 0 fully saturated rings. The zero-order valence-electron chi connectivity index (χ0n) is 10.5. The summed E-state index contributed by atoms with van der Waals surface area (Å²) in [5, 5.41) is 7.95. The van der Waals surface area contributed by atoms with Gasteiger partial charge in [0, 0.05) is 17.9 Å². The van der Waals surface area contributed by atoms with Crippen LogP contribution in [0.4, 0.5) is 0 Å². The van der Waals surface area contributed by atoms with E-state index in [9.17, 15) is 8.42 Å². The quantitative estimate of drug-likeness (QED) is 0.850. The van der Waals surface area contributed by atoms with Crippen LogP contribution in [0.1, 0.15) is 19.9 Å². The van der Waals surface area contributed by atoms with E-state index in [1.807, 2.05) is 18.4 Å². The Hall–Kier alpha value is -1.69. The molecule has 0 saturated heterocycles. The average molecular weight is 265 g/mol. The molecule has 2 rings (SSSR count). The minimum absolute atomic E-state index is 0.254. The Labute approximate surface area is 106 Å². The summed E-state index contributed by atoms with van der Waals surface area (Å²) in [4.78, 5) is 0.307. The van der Waals surface area contributed by atoms with Gasteiger partial charge < -0.3 is 4.57 Å². The topological polar surface area (TPSA) is 64.8 Å². The highest BCUT2D eigenvalue weighted by Crippen LogP contribution is 2.21. The molecule has 1 aromatic carbocycles. The highest BCUT2D eigenvalue weighted by Gasteiger charge is 2.11. The number of nitrogens with zero attached hydrogens (tertiary/aromatic N) is 3. The van der Waals surface area contributed by atoms with Crippen LogP contribution in [-0.4, -0.2) is 29.4 Å². The molecule has 0 spiro atoms. The smallest absolute Gasteiger partial charge is 0.175 e. The first-order valence-corrected chi connectivity index (χ1v) is 7.48. The molecule has 0 N–H and O–H groups in total. The van der Waals surface area contributed by atoms with Crippen LogP contribution in [0.3, 0.4) is 0 Å². The van der Waals surface area contributed by atoms with Crippen LogP contribution in [-0.2, 0) is 9.84 Å². The molecular formula is C12H15N3O2S. The van der Waals surface area contributed by atoms with Gasteiger partial charge in [-0.05, 0) is 38.1 Å². The summed E-state index contributed by atoms with van der Waals surface area (Å²) in [6.07, 6.45) is 2.86. The first-order chi connectivity index (χ1) is 8.39. The number of aromatic nitrogens is 3. The van der Waals surface area contributed by atoms with Crippen molar-refractivity contribution in [1.82, 2.24) is 14.8 Å². The van der Waals surface area contributed by atoms with Gasteiger partial charge in [-0.1, -0.05) is 0 Å². The molecule has 96 valence electrons. The van der Waals surface area contributed by atoms with E-state index in [0.717, 1.165) is 11.4 Å². The summed E-state index contributed by atoms with van der Waals surface area (Å²) in [5.74, 6) is 0.741. The average Bonchev–Trinajstić information content (AvgIpc) is 2.77. The van der Waals surface area contributed by atoms with Gasteiger partial charge in [-0.25, -0.2) is 8.42 Å². The number of rotatable bonds is 3. The fourth-order valence-electron chi connectivity index (χ4n) is 1.68. The monoisotopic (exact) mass is 265 g/mol. The molecule has 1 heterocycles. The second-order valence-corrected chi connectivity index (χ2v) is 6.47. The second-order valence-electron chi connectivity index (χ2n) is 4.45. The molecule has 1 aromatic heterocycles. The van der Waals surface area contributed by atoms with Gasteiger partial charge in [0.2, 0.25) is 0 Å². The fourth-order valence-corrected chi connectivity index (χ4v) is 2.31. The van der Waals surface area contributed by atoms with Gasteiger partial charge in [0.1, 0.15) is 6.33 Å². The van der Waals surface area contributed by atoms with Gasteiger partial charge in [0.15, 0.2) is 15.7 Å². The summed E-state index contributed by atoms with van der Waals surface area (Å²) in [7, 11) is -3.16. The van der Waals surface area contributed by atoms with E-state index in [1.54, 1.807) is 30.6 Å². The lowest BCUT2D eigenvalue weighted by Crippen LogP contribution is -2.02. The number of hydrogen-bond acceptors (Lipinski definition) is 4. The van der Waals surface area contributed by atoms with Gasteiger partial charge in [-0.15, -0.1) is 10.2 Å². The molecule has 0 bridgehead atoms. The predicted octanol–water partition coefficient (Wildman–Crippen LogP) is 1.93. The van der Waals surface area contributed by atoms with Crippen molar-refractivity contribution in [2.75, 3.05) is 6.26 Å². The Kier molecular flexibility index (Phi) is 3.21. The van der Waals surface area contributed by atoms with Gasteiger partial charge >= 0.3 is 0 Å². The molecular weight excluding hydrogens is 250 g/mol. The molecule has 0 aliphatic rings. The molecule has 0 aliphatic heterocycles. The summed E-state index contributed by atoms with van der Waals surface area (Å²) < 4.78 is 24.7. The van der Waals surface area contributed by atoms with Gasteiger partial charge in [0.05, 0.1) is 4.90 Å². The number of sulfone groups is 1. The van der Waals surface area contributed by atoms with Crippen LogP contribution in [0.15, 0.2) is 35.5 Å². The predicted molar refractivity (Wildman–Crippen MR) is 69.0 cm³/mol. The Morgan fingerprint density at radius 1 is 1.17 bits per heavy atom. The molecule has 0 unspecified atom stereocenters. The largest absolute Gasteiger partial charge is 0.311 e. The molecule has 2 aromatic rings. The van der Waals surface area contributed by atoms with Crippen LogP contribution >= 0.6 is 0 Å². The molecule has 0 amide bonds. The first-order valence-electron chi connectivity index (χ1n) is 5.59. The first kappa shape index (κ1) is 12.8. The van der Waals surface area contributed by atoms with Crippen molar-refractivity contribution in [2.45, 2.75) is 24.8 Å². The lowest BCUT2D eigenvalue weighted by Gasteiger charge is -2.10. The number of hydrogen-bond donors (Lipinski definition) is 0. The molecule has 5 nitrogen and oxygen atoms in total. The zero-order valence-corrected chi connectivity index (χ0v) is 11.3. The third kappa shape index (κ3) is 2.43. The van der Waals surface area contributed by atoms with E-state index in [2.05, 4.69) is 10.2 Å². The van der Waals surface area contributed by atoms with Crippen molar-refractivity contribution >= 4 is 9.84 Å². The summed E-state index contributed by atoms with van der Waals surface area (Å²) in [6.45, 7) is 4.08. The normalized spacial score (nSPS) is 12.0. The minimum atomic E-state index is -3.16. The molecule has 0 radical (unpaired) electrons. The van der Waals surface area contributed by atoms with Crippen LogP contribution in [0.25, 0.3) is 11.4 Å². The Morgan fingerprint density at radius 3 is 2.28 bits per heavy atom. The molecule has 0 aliphatic carbocycles. The van der Waals surface area contributed by atoms with Crippen LogP contribution in [0, 0.1) is 0 Å². The molecule has 0 saturated carbocycles. The summed E-state index contributed by atoms with van der Waals surface area (Å²) in [6, 6.07) is 6.93. The fraction of sp³-hybridized carbons (Fsp3) is 0.333. The van der Waals surface area contributed by atoms with E-state index < -0.39 is 9.84 Å². The molecule has 18 heavy (non-hydrogen) atoms. The maximum Gasteiger partial charge on any atom is 0.175 e. The van der Waals surface area contributed by atoms with Crippen molar-refractivity contribution in [3.05, 3.63) is 30.6 Å². The van der Waals surface area contributed by atoms with Crippen LogP contribution in [0.2, 0.25) is 0 Å². The van der Waals surface area contributed by atoms with E-state index in [-0.39, 0.29) is 6.04 Å². The van der Waals surface area contributed by atoms with Crippen molar-refractivity contribution in [2.24, 2.45) is 0 Å². The minimum Gasteiger partial charge on any atom is -0.311 e. The van der Waals surface area contributed by atoms with Crippen LogP contribution in [0.5, 0.6) is 0 Å². The Bertz CT molecular complexity index is 642.